The molecule has 0 saturated carbocycles. The first-order chi connectivity index (χ1) is 42.1. The first kappa shape index (κ1) is 72.5. The molecule has 7 atom stereocenters. The van der Waals surface area contributed by atoms with E-state index in [0.717, 1.165) is 74.7 Å². The second-order valence-electron chi connectivity index (χ2n) is 19.8. The van der Waals surface area contributed by atoms with Crippen molar-refractivity contribution >= 4 is 84.4 Å². The van der Waals surface area contributed by atoms with Gasteiger partial charge in [0, 0.05) is 87.5 Å². The van der Waals surface area contributed by atoms with Gasteiger partial charge in [-0.2, -0.15) is 25.6 Å². The van der Waals surface area contributed by atoms with Gasteiger partial charge in [0.1, 0.15) is 18.3 Å². The Labute approximate surface area is 518 Å². The highest BCUT2D eigenvalue weighted by Crippen LogP contribution is 2.39. The van der Waals surface area contributed by atoms with Crippen molar-refractivity contribution in [2.45, 2.75) is 99.7 Å². The van der Waals surface area contributed by atoms with E-state index in [2.05, 4.69) is 32.9 Å². The van der Waals surface area contributed by atoms with Crippen molar-refractivity contribution in [3.8, 4) is 0 Å². The molecule has 2 heterocycles. The van der Waals surface area contributed by atoms with Crippen molar-refractivity contribution in [1.29, 1.82) is 1.43 Å². The van der Waals surface area contributed by atoms with E-state index >= 15 is 0 Å². The number of benzene rings is 4. The summed E-state index contributed by atoms with van der Waals surface area (Å²) in [6.07, 6.45) is -2.53. The average Bonchev–Trinajstić information content (AvgIpc) is 3.28. The van der Waals surface area contributed by atoms with Gasteiger partial charge < -0.3 is 39.4 Å². The molecule has 1 unspecified atom stereocenters. The Kier molecular flexibility index (Phi) is 31.9. The lowest BCUT2D eigenvalue weighted by atomic mass is 10.0. The number of phosphoric ester groups is 1. The summed E-state index contributed by atoms with van der Waals surface area (Å²) in [5.74, 6) is -0.393. The summed E-state index contributed by atoms with van der Waals surface area (Å²) in [4.78, 5) is 75.1. The Morgan fingerprint density at radius 1 is 0.724 bits per heavy atom. The number of ether oxygens (including phenoxy) is 4. The molecule has 0 bridgehead atoms. The molecule has 4 aromatic rings. The predicted molar refractivity (Wildman–Crippen MR) is 323 cm³/mol. The van der Waals surface area contributed by atoms with Crippen molar-refractivity contribution in [3.63, 3.8) is 0 Å². The Morgan fingerprint density at radius 2 is 1.11 bits per heavy atom. The van der Waals surface area contributed by atoms with E-state index in [4.69, 9.17) is 30.8 Å². The van der Waals surface area contributed by atoms with Crippen LogP contribution in [0.4, 0.5) is 21.0 Å². The molecular weight excluding hydrogens is 1270 g/mol. The fraction of sp³-hybridized carbons (Fsp3) is 0.500. The number of nitrogens with zero attached hydrogens (tertiary/aromatic N) is 4. The summed E-state index contributed by atoms with van der Waals surface area (Å²) in [6, 6.07) is 24.3. The Hall–Kier alpha value is -5.29. The van der Waals surface area contributed by atoms with Gasteiger partial charge in [-0.15, -0.1) is 9.42 Å². The molecule has 2 fully saturated rings. The van der Waals surface area contributed by atoms with Crippen LogP contribution in [0.3, 0.4) is 0 Å². The zero-order chi connectivity index (χ0) is 66.3. The number of carbonyl (C=O) groups excluding carboxylic acids is 2. The lowest BCUT2D eigenvalue weighted by molar-refractivity contribution is -0.385. The molecule has 6 rings (SSSR count). The van der Waals surface area contributed by atoms with Crippen LogP contribution in [0.15, 0.2) is 119 Å². The molecule has 0 aromatic heterocycles. The average molecular weight is 1350 g/mol. The number of alkyl carbamates (subject to hydrolysis) is 2. The summed E-state index contributed by atoms with van der Waals surface area (Å²) in [7, 11) is -16.9. The number of carbonyl (C=O) groups is 2. The molecule has 2 aliphatic heterocycles. The van der Waals surface area contributed by atoms with E-state index in [1.807, 2.05) is 0 Å². The van der Waals surface area contributed by atoms with E-state index in [1.54, 1.807) is 94.6 Å². The number of phosphoric acid groups is 1. The SMILES string of the molecule is CC(C)CN(C[C@@H](OP(=O)(O)O)[C@H](Cc1ccccc1)NC(=O)O[C@H]1CCOC1)S(=O)(=O)c1ccc([N+](=O)[O-])cc1.CC(C)CN(C[C@@H](O[P+](=O)O)[C@H](Cc1ccccc1)NC(=O)O[C@H]1CCOC1)S(=O)(=O)c1ccc([N+](=O)[O-])cc1.CS.[3H]CSOO[3H]. The number of thiol groups is 1. The van der Waals surface area contributed by atoms with E-state index in [9.17, 15) is 70.5 Å². The third-order valence-electron chi connectivity index (χ3n) is 12.2. The van der Waals surface area contributed by atoms with Crippen molar-refractivity contribution in [1.82, 2.24) is 19.2 Å². The fourth-order valence-corrected chi connectivity index (χ4v) is 12.7. The quantitative estimate of drug-likeness (QED) is 0.00503. The van der Waals surface area contributed by atoms with Gasteiger partial charge in [0.2, 0.25) is 20.0 Å². The number of nitro benzene ring substituents is 2. The fourth-order valence-electron chi connectivity index (χ4n) is 8.47. The Morgan fingerprint density at radius 3 is 1.43 bits per heavy atom. The minimum atomic E-state index is -5.19. The van der Waals surface area contributed by atoms with Crippen LogP contribution in [-0.2, 0) is 74.3 Å². The second-order valence-corrected chi connectivity index (χ2v) is 25.9. The highest BCUT2D eigenvalue weighted by Gasteiger charge is 2.40. The smallest absolute Gasteiger partial charge is 0.444 e. The molecule has 2 amide bonds. The number of nitrogens with one attached hydrogen (secondary N) is 2. The van der Waals surface area contributed by atoms with Gasteiger partial charge in [0.25, 0.3) is 12.8 Å². The zero-order valence-corrected chi connectivity index (χ0v) is 53.2. The monoisotopic (exact) mass is 1350 g/mol. The molecule has 0 aliphatic carbocycles. The molecule has 6 N–H and O–H groups in total. The maximum Gasteiger partial charge on any atom is 0.695 e. The molecule has 35 heteroatoms. The van der Waals surface area contributed by atoms with Gasteiger partial charge >= 0.3 is 28.3 Å². The van der Waals surface area contributed by atoms with Gasteiger partial charge in [-0.05, 0) is 66.3 Å². The van der Waals surface area contributed by atoms with Crippen molar-refractivity contribution in [2.75, 3.05) is 65.1 Å². The number of amides is 2. The highest BCUT2D eigenvalue weighted by atomic mass is 32.2. The molecule has 2 saturated heterocycles. The minimum Gasteiger partial charge on any atom is -0.444 e. The first-order valence-corrected chi connectivity index (χ1v) is 33.8. The Balaban J connectivity index is 0.000000415. The van der Waals surface area contributed by atoms with Crippen LogP contribution in [0.1, 0.15) is 53.0 Å². The van der Waals surface area contributed by atoms with Gasteiger partial charge in [-0.3, -0.25) is 24.8 Å². The number of hydrogen-bond donors (Lipinski definition) is 7. The standard InChI is InChI=1S/C25H34N3O11PS.C25H32N3O10PS.CH4O2S.CH4S/c1-18(2)15-27(41(35,36)22-10-8-20(9-11-22)28(30)31)16-24(39-40(32,33)34)23(14-19-6-4-3-5-7-19)26-25(29)38-21-12-13-37-17-21;1-18(2)15-27(40(34,35)22-10-8-20(9-11-22)28(30)31)16-24(38-39(32)33)23(14-19-6-4-3-5-7-19)26-25(29)37-21-12-13-36-17-21;1-4-3-2;1-2/h3-11,18,21,23-24H,12-17H2,1-2H3,(H,26,29)(H2,32,33,34);3-11,18,21,23-24H,12-17H2,1-2H3,(H-,26,29,32,33);2H,1H3;2H,1H3/p+1/t2*21-,23-,24+;;/m00../s1/i;;1T;/hT. The molecule has 484 valence electrons. The van der Waals surface area contributed by atoms with Crippen LogP contribution in [0.2, 0.25) is 0 Å². The maximum atomic E-state index is 13.7. The Bertz CT molecular complexity index is 3070. The molecule has 29 nitrogen and oxygen atoms in total. The summed E-state index contributed by atoms with van der Waals surface area (Å²) in [6.45, 7) is 7.36. The minimum absolute atomic E-state index is 0.00328. The number of sulfonamides is 2. The third-order valence-corrected chi connectivity index (χ3v) is 17.0. The molecule has 87 heavy (non-hydrogen) atoms. The molecular formula is C52H75N6O23P2S4+. The van der Waals surface area contributed by atoms with E-state index in [0.29, 0.717) is 31.6 Å². The van der Waals surface area contributed by atoms with E-state index in [-0.39, 0.29) is 78.4 Å². The molecule has 4 aromatic carbocycles. The maximum absolute atomic E-state index is 13.7. The molecule has 0 spiro atoms. The molecule has 2 aliphatic rings. The van der Waals surface area contributed by atoms with E-state index in [1.165, 1.54) is 0 Å². The van der Waals surface area contributed by atoms with Gasteiger partial charge in [-0.25, -0.2) is 36.2 Å². The summed E-state index contributed by atoms with van der Waals surface area (Å²) in [5.41, 5.74) is 0.855. The number of rotatable bonds is 30. The van der Waals surface area contributed by atoms with Crippen molar-refractivity contribution < 1.29 is 99.0 Å². The van der Waals surface area contributed by atoms with Crippen LogP contribution < -0.4 is 10.6 Å². The second kappa shape index (κ2) is 38.3. The van der Waals surface area contributed by atoms with Crippen LogP contribution in [0.25, 0.3) is 1.43 Å². The third kappa shape index (κ3) is 27.6. The largest absolute Gasteiger partial charge is 0.695 e. The lowest BCUT2D eigenvalue weighted by Crippen LogP contribution is -2.52. The summed E-state index contributed by atoms with van der Waals surface area (Å²) < 4.78 is 128. The van der Waals surface area contributed by atoms with Gasteiger partial charge in [0.15, 0.2) is 6.10 Å². The van der Waals surface area contributed by atoms with Gasteiger partial charge in [-0.1, -0.05) is 88.4 Å². The highest BCUT2D eigenvalue weighted by molar-refractivity contribution is 7.93. The topological polar surface area (TPSA) is 399 Å². The number of hydrogen-bond acceptors (Lipinski definition) is 22. The first-order valence-electron chi connectivity index (χ1n) is 27.6. The van der Waals surface area contributed by atoms with Crippen LogP contribution in [-0.4, -0.2) is 169 Å². The van der Waals surface area contributed by atoms with E-state index < -0.39 is 108 Å². The van der Waals surface area contributed by atoms with Crippen molar-refractivity contribution in [2.24, 2.45) is 11.8 Å². The van der Waals surface area contributed by atoms with Gasteiger partial charge in [0.05, 0.1) is 58.1 Å². The summed E-state index contributed by atoms with van der Waals surface area (Å²) in [5, 5.41) is 30.8. The van der Waals surface area contributed by atoms with Crippen LogP contribution in [0, 0.1) is 32.1 Å². The van der Waals surface area contributed by atoms with Crippen LogP contribution in [0.5, 0.6) is 0 Å². The molecule has 0 radical (unpaired) electrons. The number of non-ortho nitro benzene ring substituents is 2. The normalized spacial score (nSPS) is 16.9. The summed E-state index contributed by atoms with van der Waals surface area (Å²) >= 11 is 4.29. The van der Waals surface area contributed by atoms with Crippen molar-refractivity contribution in [3.05, 3.63) is 141 Å². The number of nitro groups is 2. The zero-order valence-electron chi connectivity index (χ0n) is 50.1. The predicted octanol–water partition coefficient (Wildman–Crippen LogP) is 7.55. The van der Waals surface area contributed by atoms with Crippen LogP contribution >= 0.6 is 40.7 Å². The lowest BCUT2D eigenvalue weighted by Gasteiger charge is -2.33.